The molecule has 0 saturated heterocycles. The van der Waals surface area contributed by atoms with Gasteiger partial charge in [-0.2, -0.15) is 0 Å². The topological polar surface area (TPSA) is 67.4 Å². The maximum absolute atomic E-state index is 11.4. The number of rotatable bonds is 4. The molecule has 0 heterocycles. The summed E-state index contributed by atoms with van der Waals surface area (Å²) < 4.78 is 5.29. The van der Waals surface area contributed by atoms with Crippen molar-refractivity contribution in [1.29, 1.82) is 0 Å². The second-order valence-corrected chi connectivity index (χ2v) is 5.05. The van der Waals surface area contributed by atoms with E-state index in [1.54, 1.807) is 0 Å². The first-order valence-electron chi connectivity index (χ1n) is 5.46. The molecule has 1 rings (SSSR count). The number of aryl methyl sites for hydroxylation is 2. The highest BCUT2D eigenvalue weighted by Gasteiger charge is 2.12. The maximum Gasteiger partial charge on any atom is 0.276 e. The lowest BCUT2D eigenvalue weighted by Gasteiger charge is -2.10. The van der Waals surface area contributed by atoms with Gasteiger partial charge in [0.15, 0.2) is 11.4 Å². The summed E-state index contributed by atoms with van der Waals surface area (Å²) in [7, 11) is 0. The second kappa shape index (κ2) is 7.21. The molecule has 1 aromatic carbocycles. The molecule has 0 spiro atoms. The number of carbonyl (C=O) groups is 2. The molecule has 0 aliphatic heterocycles. The minimum Gasteiger partial charge on any atom is -0.484 e. The number of hydrogen-bond donors (Lipinski definition) is 2. The van der Waals surface area contributed by atoms with Crippen molar-refractivity contribution in [2.24, 2.45) is 0 Å². The van der Waals surface area contributed by atoms with Crippen LogP contribution in [0, 0.1) is 13.8 Å². The van der Waals surface area contributed by atoms with E-state index in [1.807, 2.05) is 32.0 Å². The van der Waals surface area contributed by atoms with Gasteiger partial charge in [-0.25, -0.2) is 0 Å². The van der Waals surface area contributed by atoms with Gasteiger partial charge >= 0.3 is 0 Å². The van der Waals surface area contributed by atoms with Crippen molar-refractivity contribution >= 4 is 35.0 Å². The molecule has 0 saturated carbocycles. The molecule has 1 aromatic rings. The van der Waals surface area contributed by atoms with Gasteiger partial charge in [-0.15, -0.1) is 0 Å². The fourth-order valence-electron chi connectivity index (χ4n) is 1.39. The molecule has 0 atom stereocenters. The fraction of sp³-hybridized carbons (Fsp3) is 0.333. The zero-order valence-corrected chi connectivity index (χ0v) is 12.0. The van der Waals surface area contributed by atoms with Crippen LogP contribution in [-0.2, 0) is 9.59 Å². The van der Waals surface area contributed by atoms with E-state index in [9.17, 15) is 9.59 Å². The van der Waals surface area contributed by atoms with E-state index in [0.29, 0.717) is 5.75 Å². The molecule has 0 bridgehead atoms. The molecule has 104 valence electrons. The zero-order chi connectivity index (χ0) is 14.4. The summed E-state index contributed by atoms with van der Waals surface area (Å²) in [5, 5.41) is 0. The molecular formula is C12H14Cl2N2O3. The van der Waals surface area contributed by atoms with Gasteiger partial charge in [0.1, 0.15) is 5.75 Å². The molecule has 0 unspecified atom stereocenters. The van der Waals surface area contributed by atoms with Crippen LogP contribution in [0.5, 0.6) is 5.75 Å². The molecule has 0 aliphatic rings. The smallest absolute Gasteiger partial charge is 0.276 e. The van der Waals surface area contributed by atoms with Crippen LogP contribution in [0.4, 0.5) is 0 Å². The Morgan fingerprint density at radius 1 is 1.16 bits per heavy atom. The number of hydrogen-bond acceptors (Lipinski definition) is 3. The predicted molar refractivity (Wildman–Crippen MR) is 73.2 cm³/mol. The lowest BCUT2D eigenvalue weighted by molar-refractivity contribution is -0.129. The van der Waals surface area contributed by atoms with E-state index in [-0.39, 0.29) is 6.61 Å². The summed E-state index contributed by atoms with van der Waals surface area (Å²) in [4.78, 5) is 21.1. The molecule has 0 radical (unpaired) electrons. The average Bonchev–Trinajstić information content (AvgIpc) is 2.32. The van der Waals surface area contributed by atoms with Crippen molar-refractivity contribution in [2.75, 3.05) is 6.61 Å². The molecule has 7 heteroatoms. The van der Waals surface area contributed by atoms with E-state index in [0.717, 1.165) is 11.1 Å². The minimum atomic E-state index is -1.24. The Morgan fingerprint density at radius 2 is 1.74 bits per heavy atom. The van der Waals surface area contributed by atoms with Crippen molar-refractivity contribution in [1.82, 2.24) is 10.9 Å². The number of benzene rings is 1. The van der Waals surface area contributed by atoms with Crippen molar-refractivity contribution in [3.05, 3.63) is 29.3 Å². The number of hydrazine groups is 1. The Balaban J connectivity index is 2.40. The summed E-state index contributed by atoms with van der Waals surface area (Å²) in [5.74, 6) is -0.629. The van der Waals surface area contributed by atoms with E-state index in [1.165, 1.54) is 0 Å². The second-order valence-electron chi connectivity index (χ2n) is 3.95. The van der Waals surface area contributed by atoms with Crippen LogP contribution in [0.2, 0.25) is 0 Å². The van der Waals surface area contributed by atoms with Crippen molar-refractivity contribution in [3.8, 4) is 5.75 Å². The van der Waals surface area contributed by atoms with Gasteiger partial charge in [-0.3, -0.25) is 20.4 Å². The van der Waals surface area contributed by atoms with Crippen LogP contribution < -0.4 is 15.6 Å². The van der Waals surface area contributed by atoms with Crippen LogP contribution in [-0.4, -0.2) is 23.3 Å². The number of alkyl halides is 2. The molecule has 0 fully saturated rings. The normalized spacial score (nSPS) is 10.2. The molecular weight excluding hydrogens is 291 g/mol. The first-order valence-corrected chi connectivity index (χ1v) is 6.33. The number of ether oxygens (including phenoxy) is 1. The van der Waals surface area contributed by atoms with Crippen molar-refractivity contribution < 1.29 is 14.3 Å². The SMILES string of the molecule is Cc1cc(C)cc(OCC(=O)NNC(=O)C(Cl)Cl)c1. The summed E-state index contributed by atoms with van der Waals surface area (Å²) >= 11 is 10.6. The zero-order valence-electron chi connectivity index (χ0n) is 10.5. The van der Waals surface area contributed by atoms with Gasteiger partial charge in [-0.05, 0) is 37.1 Å². The quantitative estimate of drug-likeness (QED) is 0.656. The van der Waals surface area contributed by atoms with E-state index >= 15 is 0 Å². The largest absolute Gasteiger partial charge is 0.484 e. The van der Waals surface area contributed by atoms with E-state index in [2.05, 4.69) is 10.9 Å². The van der Waals surface area contributed by atoms with E-state index in [4.69, 9.17) is 27.9 Å². The third kappa shape index (κ3) is 5.81. The monoisotopic (exact) mass is 304 g/mol. The van der Waals surface area contributed by atoms with Crippen LogP contribution in [0.15, 0.2) is 18.2 Å². The summed E-state index contributed by atoms with van der Waals surface area (Å²) in [6.45, 7) is 3.64. The Morgan fingerprint density at radius 3 is 2.26 bits per heavy atom. The first-order chi connectivity index (χ1) is 8.88. The van der Waals surface area contributed by atoms with Gasteiger partial charge in [0.2, 0.25) is 0 Å². The van der Waals surface area contributed by atoms with Gasteiger partial charge < -0.3 is 4.74 Å². The fourth-order valence-corrected chi connectivity index (χ4v) is 1.50. The predicted octanol–water partition coefficient (Wildman–Crippen LogP) is 1.63. The summed E-state index contributed by atoms with van der Waals surface area (Å²) in [6.07, 6.45) is 0. The molecule has 2 amide bonds. The Bertz CT molecular complexity index is 458. The molecule has 2 N–H and O–H groups in total. The Labute approximate surface area is 121 Å². The molecule has 19 heavy (non-hydrogen) atoms. The highest BCUT2D eigenvalue weighted by atomic mass is 35.5. The summed E-state index contributed by atoms with van der Waals surface area (Å²) in [5.41, 5.74) is 6.27. The Kier molecular flexibility index (Phi) is 5.92. The highest BCUT2D eigenvalue weighted by molar-refractivity contribution is 6.53. The maximum atomic E-state index is 11.4. The van der Waals surface area contributed by atoms with Crippen LogP contribution >= 0.6 is 23.2 Å². The van der Waals surface area contributed by atoms with Crippen LogP contribution in [0.3, 0.4) is 0 Å². The van der Waals surface area contributed by atoms with Crippen LogP contribution in [0.25, 0.3) is 0 Å². The lowest BCUT2D eigenvalue weighted by atomic mass is 10.1. The van der Waals surface area contributed by atoms with E-state index < -0.39 is 16.7 Å². The van der Waals surface area contributed by atoms with Gasteiger partial charge in [0, 0.05) is 0 Å². The number of carbonyl (C=O) groups excluding carboxylic acids is 2. The number of nitrogens with one attached hydrogen (secondary N) is 2. The highest BCUT2D eigenvalue weighted by Crippen LogP contribution is 2.15. The minimum absolute atomic E-state index is 0.224. The van der Waals surface area contributed by atoms with Crippen molar-refractivity contribution in [3.63, 3.8) is 0 Å². The van der Waals surface area contributed by atoms with Gasteiger partial charge in [-0.1, -0.05) is 29.3 Å². The van der Waals surface area contributed by atoms with Gasteiger partial charge in [0.25, 0.3) is 11.8 Å². The standard InChI is InChI=1S/C12H14Cl2N2O3/c1-7-3-8(2)5-9(4-7)19-6-10(17)15-16-12(18)11(13)14/h3-5,11H,6H2,1-2H3,(H,15,17)(H,16,18). The van der Waals surface area contributed by atoms with Crippen molar-refractivity contribution in [2.45, 2.75) is 18.7 Å². The number of halogens is 2. The lowest BCUT2D eigenvalue weighted by Crippen LogP contribution is -2.45. The molecule has 0 aliphatic carbocycles. The third-order valence-corrected chi connectivity index (χ3v) is 2.48. The molecule has 5 nitrogen and oxygen atoms in total. The number of amides is 2. The Hall–Kier alpha value is -1.46. The average molecular weight is 305 g/mol. The third-order valence-electron chi connectivity index (χ3n) is 2.09. The molecule has 0 aromatic heterocycles. The summed E-state index contributed by atoms with van der Waals surface area (Å²) in [6, 6.07) is 5.62. The van der Waals surface area contributed by atoms with Crippen LogP contribution in [0.1, 0.15) is 11.1 Å². The first kappa shape index (κ1) is 15.6. The van der Waals surface area contributed by atoms with Gasteiger partial charge in [0.05, 0.1) is 0 Å².